The van der Waals surface area contributed by atoms with Crippen LogP contribution in [0.3, 0.4) is 0 Å². The highest BCUT2D eigenvalue weighted by molar-refractivity contribution is 6.12. The van der Waals surface area contributed by atoms with Crippen LogP contribution in [0.15, 0.2) is 73.1 Å². The fourth-order valence-corrected chi connectivity index (χ4v) is 5.80. The molecule has 0 bridgehead atoms. The molecule has 3 aromatic heterocycles. The Kier molecular flexibility index (Phi) is 7.81. The standard InChI is InChI=1S/C34H34N8O3/c1-22-18-23(11-12-27(22)38-32(44)26-20-36-41-15-7-6-9-28(26)41)37-33(45)31-25-8-4-5-10-29(25)42(39-31)24-13-16-40(17-14-24)30(43)19-34(2,3)21-35/h4-12,15,18,20,24H,13-14,16-17,19H2,1-3H3,(H,37,45)(H,38,44). The molecule has 1 fully saturated rings. The van der Waals surface area contributed by atoms with Crippen molar-refractivity contribution < 1.29 is 14.4 Å². The van der Waals surface area contributed by atoms with Gasteiger partial charge in [0.05, 0.1) is 40.3 Å². The lowest BCUT2D eigenvalue weighted by Crippen LogP contribution is -2.40. The smallest absolute Gasteiger partial charge is 0.276 e. The zero-order valence-electron chi connectivity index (χ0n) is 25.4. The van der Waals surface area contributed by atoms with Crippen LogP contribution >= 0.6 is 0 Å². The molecule has 0 atom stereocenters. The molecule has 1 aliphatic rings. The van der Waals surface area contributed by atoms with Crippen molar-refractivity contribution in [3.8, 4) is 6.07 Å². The molecule has 0 aliphatic carbocycles. The van der Waals surface area contributed by atoms with Gasteiger partial charge in [-0.3, -0.25) is 19.1 Å². The summed E-state index contributed by atoms with van der Waals surface area (Å²) in [7, 11) is 0. The van der Waals surface area contributed by atoms with Crippen LogP contribution in [0.2, 0.25) is 0 Å². The van der Waals surface area contributed by atoms with Crippen LogP contribution in [-0.2, 0) is 4.79 Å². The van der Waals surface area contributed by atoms with Crippen molar-refractivity contribution in [1.29, 1.82) is 5.26 Å². The second kappa shape index (κ2) is 11.9. The summed E-state index contributed by atoms with van der Waals surface area (Å²) in [5.74, 6) is -0.616. The number of aryl methyl sites for hydroxylation is 1. The molecule has 228 valence electrons. The number of amides is 3. The summed E-state index contributed by atoms with van der Waals surface area (Å²) in [6, 6.07) is 20.7. The number of hydrogen-bond acceptors (Lipinski definition) is 6. The van der Waals surface area contributed by atoms with Crippen LogP contribution in [0, 0.1) is 23.7 Å². The van der Waals surface area contributed by atoms with Crippen molar-refractivity contribution in [3.05, 3.63) is 89.9 Å². The Morgan fingerprint density at radius 1 is 0.978 bits per heavy atom. The van der Waals surface area contributed by atoms with Gasteiger partial charge in [0.2, 0.25) is 5.91 Å². The predicted molar refractivity (Wildman–Crippen MR) is 171 cm³/mol. The molecule has 1 aliphatic heterocycles. The molecule has 0 saturated carbocycles. The summed E-state index contributed by atoms with van der Waals surface area (Å²) in [6.07, 6.45) is 4.92. The third-order valence-electron chi connectivity index (χ3n) is 8.29. The molecule has 2 aromatic carbocycles. The van der Waals surface area contributed by atoms with E-state index in [9.17, 15) is 19.6 Å². The molecule has 11 heteroatoms. The van der Waals surface area contributed by atoms with Gasteiger partial charge in [-0.15, -0.1) is 0 Å². The van der Waals surface area contributed by atoms with Gasteiger partial charge in [0, 0.05) is 42.5 Å². The molecule has 45 heavy (non-hydrogen) atoms. The number of rotatable bonds is 7. The van der Waals surface area contributed by atoms with Gasteiger partial charge in [-0.25, -0.2) is 4.52 Å². The minimum absolute atomic E-state index is 0.0123. The van der Waals surface area contributed by atoms with Crippen molar-refractivity contribution in [2.75, 3.05) is 23.7 Å². The largest absolute Gasteiger partial charge is 0.342 e. The predicted octanol–water partition coefficient (Wildman–Crippen LogP) is 5.60. The van der Waals surface area contributed by atoms with Crippen molar-refractivity contribution in [2.24, 2.45) is 5.41 Å². The van der Waals surface area contributed by atoms with Crippen LogP contribution in [0.25, 0.3) is 16.4 Å². The fraction of sp³-hybridized carbons (Fsp3) is 0.294. The van der Waals surface area contributed by atoms with E-state index in [4.69, 9.17) is 5.10 Å². The number of piperidine rings is 1. The van der Waals surface area contributed by atoms with Crippen LogP contribution < -0.4 is 10.6 Å². The van der Waals surface area contributed by atoms with Crippen molar-refractivity contribution in [1.82, 2.24) is 24.3 Å². The SMILES string of the molecule is Cc1cc(NC(=O)c2nn(C3CCN(C(=O)CC(C)(C)C#N)CC3)c3ccccc23)ccc1NC(=O)c1cnn2ccccc12. The van der Waals surface area contributed by atoms with Crippen LogP contribution in [0.4, 0.5) is 11.4 Å². The maximum absolute atomic E-state index is 13.5. The summed E-state index contributed by atoms with van der Waals surface area (Å²) < 4.78 is 3.56. The number of anilines is 2. The Bertz CT molecular complexity index is 1970. The van der Waals surface area contributed by atoms with Crippen LogP contribution in [0.1, 0.15) is 65.6 Å². The minimum atomic E-state index is -0.697. The summed E-state index contributed by atoms with van der Waals surface area (Å²) in [6.45, 7) is 6.56. The van der Waals surface area contributed by atoms with E-state index >= 15 is 0 Å². The first-order chi connectivity index (χ1) is 21.6. The second-order valence-electron chi connectivity index (χ2n) is 12.1. The van der Waals surface area contributed by atoms with Gasteiger partial charge in [-0.1, -0.05) is 24.3 Å². The van der Waals surface area contributed by atoms with Gasteiger partial charge in [0.1, 0.15) is 0 Å². The number of nitrogens with zero attached hydrogens (tertiary/aromatic N) is 6. The molecule has 0 unspecified atom stereocenters. The molecule has 0 spiro atoms. The minimum Gasteiger partial charge on any atom is -0.342 e. The fourth-order valence-electron chi connectivity index (χ4n) is 5.80. The van der Waals surface area contributed by atoms with Gasteiger partial charge >= 0.3 is 0 Å². The van der Waals surface area contributed by atoms with Crippen LogP contribution in [0.5, 0.6) is 0 Å². The Balaban J connectivity index is 1.15. The lowest BCUT2D eigenvalue weighted by Gasteiger charge is -2.33. The highest BCUT2D eigenvalue weighted by Gasteiger charge is 2.30. The van der Waals surface area contributed by atoms with E-state index in [-0.39, 0.29) is 30.2 Å². The van der Waals surface area contributed by atoms with E-state index in [1.165, 1.54) is 0 Å². The number of para-hydroxylation sites is 1. The van der Waals surface area contributed by atoms with Crippen molar-refractivity contribution in [2.45, 2.75) is 46.1 Å². The Morgan fingerprint density at radius 2 is 1.71 bits per heavy atom. The summed E-state index contributed by atoms with van der Waals surface area (Å²) in [5, 5.41) is 25.0. The maximum atomic E-state index is 13.5. The number of likely N-dealkylation sites (tertiary alicyclic amines) is 1. The number of nitriles is 1. The van der Waals surface area contributed by atoms with E-state index in [2.05, 4.69) is 21.8 Å². The molecule has 2 N–H and O–H groups in total. The highest BCUT2D eigenvalue weighted by atomic mass is 16.2. The lowest BCUT2D eigenvalue weighted by molar-refractivity contribution is -0.134. The van der Waals surface area contributed by atoms with Crippen LogP contribution in [-0.4, -0.2) is 55.1 Å². The van der Waals surface area contributed by atoms with E-state index in [0.29, 0.717) is 54.1 Å². The second-order valence-corrected chi connectivity index (χ2v) is 12.1. The van der Waals surface area contributed by atoms with E-state index < -0.39 is 5.41 Å². The number of aromatic nitrogens is 4. The quantitative estimate of drug-likeness (QED) is 0.249. The Hall–Kier alpha value is -5.50. The number of pyridine rings is 1. The zero-order valence-corrected chi connectivity index (χ0v) is 25.4. The summed E-state index contributed by atoms with van der Waals surface area (Å²) >= 11 is 0. The Labute approximate surface area is 260 Å². The molecule has 6 rings (SSSR count). The summed E-state index contributed by atoms with van der Waals surface area (Å²) in [5.41, 5.74) is 3.66. The molecular formula is C34H34N8O3. The summed E-state index contributed by atoms with van der Waals surface area (Å²) in [4.78, 5) is 41.1. The number of hydrogen-bond donors (Lipinski definition) is 2. The third kappa shape index (κ3) is 5.99. The van der Waals surface area contributed by atoms with Gasteiger partial charge in [0.25, 0.3) is 11.8 Å². The lowest BCUT2D eigenvalue weighted by atomic mass is 9.90. The average Bonchev–Trinajstić information content (AvgIpc) is 3.65. The van der Waals surface area contributed by atoms with Gasteiger partial charge in [0.15, 0.2) is 5.69 Å². The first kappa shape index (κ1) is 29.6. The van der Waals surface area contributed by atoms with Crippen molar-refractivity contribution in [3.63, 3.8) is 0 Å². The molecule has 3 amide bonds. The van der Waals surface area contributed by atoms with Crippen molar-refractivity contribution >= 4 is 45.5 Å². The van der Waals surface area contributed by atoms with E-state index in [0.717, 1.165) is 16.5 Å². The van der Waals surface area contributed by atoms with Gasteiger partial charge in [-0.2, -0.15) is 15.5 Å². The first-order valence-corrected chi connectivity index (χ1v) is 15.0. The van der Waals surface area contributed by atoms with E-state index in [1.54, 1.807) is 42.9 Å². The molecular weight excluding hydrogens is 568 g/mol. The number of nitrogens with one attached hydrogen (secondary N) is 2. The normalized spacial score (nSPS) is 14.0. The zero-order chi connectivity index (χ0) is 31.7. The molecule has 4 heterocycles. The third-order valence-corrected chi connectivity index (χ3v) is 8.29. The van der Waals surface area contributed by atoms with Gasteiger partial charge < -0.3 is 15.5 Å². The number of fused-ring (bicyclic) bond motifs is 2. The monoisotopic (exact) mass is 602 g/mol. The van der Waals surface area contributed by atoms with E-state index in [1.807, 2.05) is 65.0 Å². The topological polar surface area (TPSA) is 137 Å². The average molecular weight is 603 g/mol. The number of carbonyl (C=O) groups is 3. The molecule has 11 nitrogen and oxygen atoms in total. The molecule has 1 saturated heterocycles. The number of benzene rings is 2. The maximum Gasteiger partial charge on any atom is 0.276 e. The highest BCUT2D eigenvalue weighted by Crippen LogP contribution is 2.30. The Morgan fingerprint density at radius 3 is 2.47 bits per heavy atom. The molecule has 5 aromatic rings. The molecule has 0 radical (unpaired) electrons. The first-order valence-electron chi connectivity index (χ1n) is 15.0. The number of carbonyl (C=O) groups excluding carboxylic acids is 3. The van der Waals surface area contributed by atoms with Gasteiger partial charge in [-0.05, 0) is 75.6 Å².